The standard InChI is InChI=1S/C14H20N2O3/c1-9-2-3-12-10(8-9)14(18)11(5-7-19-12)16-13(17)4-6-15/h2-3,8,11,14,18H,4-7,15H2,1H3,(H,16,17). The third kappa shape index (κ3) is 3.24. The number of amides is 1. The summed E-state index contributed by atoms with van der Waals surface area (Å²) in [6.45, 7) is 2.74. The molecule has 4 N–H and O–H groups in total. The first-order valence-electron chi connectivity index (χ1n) is 6.52. The van der Waals surface area contributed by atoms with Gasteiger partial charge in [-0.2, -0.15) is 0 Å². The number of nitrogens with one attached hydrogen (secondary N) is 1. The maximum atomic E-state index is 11.6. The summed E-state index contributed by atoms with van der Waals surface area (Å²) in [5.41, 5.74) is 7.13. The zero-order chi connectivity index (χ0) is 13.8. The number of benzene rings is 1. The fraction of sp³-hybridized carbons (Fsp3) is 0.500. The van der Waals surface area contributed by atoms with Gasteiger partial charge in [0.25, 0.3) is 0 Å². The van der Waals surface area contributed by atoms with Gasteiger partial charge in [0.05, 0.1) is 12.6 Å². The molecule has 0 radical (unpaired) electrons. The summed E-state index contributed by atoms with van der Waals surface area (Å²) < 4.78 is 5.61. The van der Waals surface area contributed by atoms with Crippen LogP contribution in [0, 0.1) is 6.92 Å². The van der Waals surface area contributed by atoms with E-state index in [1.54, 1.807) is 0 Å². The van der Waals surface area contributed by atoms with Gasteiger partial charge >= 0.3 is 0 Å². The van der Waals surface area contributed by atoms with Gasteiger partial charge in [-0.1, -0.05) is 11.6 Å². The number of hydrogen-bond donors (Lipinski definition) is 3. The summed E-state index contributed by atoms with van der Waals surface area (Å²) >= 11 is 0. The molecule has 104 valence electrons. The van der Waals surface area contributed by atoms with Crippen molar-refractivity contribution in [3.05, 3.63) is 29.3 Å². The highest BCUT2D eigenvalue weighted by Gasteiger charge is 2.28. The molecule has 0 fully saturated rings. The summed E-state index contributed by atoms with van der Waals surface area (Å²) in [5.74, 6) is 0.552. The number of carbonyl (C=O) groups excluding carboxylic acids is 1. The zero-order valence-electron chi connectivity index (χ0n) is 11.1. The molecule has 1 aromatic rings. The molecule has 1 aliphatic rings. The number of aliphatic hydroxyl groups excluding tert-OH is 1. The molecule has 2 atom stereocenters. The third-order valence-corrected chi connectivity index (χ3v) is 3.27. The summed E-state index contributed by atoms with van der Waals surface area (Å²) in [4.78, 5) is 11.6. The average Bonchev–Trinajstić information content (AvgIpc) is 2.51. The van der Waals surface area contributed by atoms with Crippen LogP contribution in [0.25, 0.3) is 0 Å². The number of aryl methyl sites for hydroxylation is 1. The Balaban J connectivity index is 2.18. The fourth-order valence-corrected chi connectivity index (χ4v) is 2.26. The molecule has 1 aliphatic heterocycles. The molecule has 5 heteroatoms. The molecule has 0 aromatic heterocycles. The van der Waals surface area contributed by atoms with Crippen LogP contribution in [0.4, 0.5) is 0 Å². The van der Waals surface area contributed by atoms with Crippen LogP contribution < -0.4 is 15.8 Å². The van der Waals surface area contributed by atoms with Crippen LogP contribution in [0.1, 0.15) is 30.1 Å². The second-order valence-corrected chi connectivity index (χ2v) is 4.84. The van der Waals surface area contributed by atoms with Crippen molar-refractivity contribution in [1.29, 1.82) is 0 Å². The summed E-state index contributed by atoms with van der Waals surface area (Å²) in [5, 5.41) is 13.2. The van der Waals surface area contributed by atoms with Gasteiger partial charge in [0.15, 0.2) is 0 Å². The molecule has 5 nitrogen and oxygen atoms in total. The fourth-order valence-electron chi connectivity index (χ4n) is 2.26. The lowest BCUT2D eigenvalue weighted by Gasteiger charge is -2.22. The van der Waals surface area contributed by atoms with Crippen molar-refractivity contribution in [3.63, 3.8) is 0 Å². The number of rotatable bonds is 3. The molecule has 0 aliphatic carbocycles. The minimum atomic E-state index is -0.751. The SMILES string of the molecule is Cc1ccc2c(c1)C(O)C(NC(=O)CCN)CCO2. The van der Waals surface area contributed by atoms with Gasteiger partial charge in [0.1, 0.15) is 11.9 Å². The van der Waals surface area contributed by atoms with Crippen molar-refractivity contribution in [3.8, 4) is 5.75 Å². The van der Waals surface area contributed by atoms with Gasteiger partial charge < -0.3 is 20.9 Å². The van der Waals surface area contributed by atoms with E-state index in [-0.39, 0.29) is 18.4 Å². The Bertz CT molecular complexity index is 462. The van der Waals surface area contributed by atoms with Gasteiger partial charge in [-0.15, -0.1) is 0 Å². The average molecular weight is 264 g/mol. The molecule has 2 rings (SSSR count). The normalized spacial score (nSPS) is 22.1. The Morgan fingerprint density at radius 1 is 1.58 bits per heavy atom. The van der Waals surface area contributed by atoms with Gasteiger partial charge in [-0.3, -0.25) is 4.79 Å². The molecule has 0 saturated heterocycles. The largest absolute Gasteiger partial charge is 0.493 e. The minimum Gasteiger partial charge on any atom is -0.493 e. The van der Waals surface area contributed by atoms with Crippen LogP contribution in [0.15, 0.2) is 18.2 Å². The summed E-state index contributed by atoms with van der Waals surface area (Å²) in [6.07, 6.45) is 0.0924. The maximum Gasteiger partial charge on any atom is 0.221 e. The minimum absolute atomic E-state index is 0.136. The zero-order valence-corrected chi connectivity index (χ0v) is 11.1. The highest BCUT2D eigenvalue weighted by molar-refractivity contribution is 5.76. The van der Waals surface area contributed by atoms with Crippen LogP contribution in [0.5, 0.6) is 5.75 Å². The van der Waals surface area contributed by atoms with E-state index in [0.717, 1.165) is 11.1 Å². The first kappa shape index (κ1) is 13.8. The molecule has 0 bridgehead atoms. The highest BCUT2D eigenvalue weighted by atomic mass is 16.5. The van der Waals surface area contributed by atoms with Crippen molar-refractivity contribution in [2.24, 2.45) is 5.73 Å². The lowest BCUT2D eigenvalue weighted by molar-refractivity contribution is -0.122. The number of nitrogens with two attached hydrogens (primary N) is 1. The molecular weight excluding hydrogens is 244 g/mol. The second kappa shape index (κ2) is 6.04. The quantitative estimate of drug-likeness (QED) is 0.748. The van der Waals surface area contributed by atoms with Crippen molar-refractivity contribution < 1.29 is 14.6 Å². The highest BCUT2D eigenvalue weighted by Crippen LogP contribution is 2.32. The Kier molecular flexibility index (Phi) is 4.39. The predicted molar refractivity (Wildman–Crippen MR) is 71.9 cm³/mol. The second-order valence-electron chi connectivity index (χ2n) is 4.84. The molecular formula is C14H20N2O3. The van der Waals surface area contributed by atoms with Crippen LogP contribution >= 0.6 is 0 Å². The van der Waals surface area contributed by atoms with Crippen LogP contribution in [-0.2, 0) is 4.79 Å². The first-order chi connectivity index (χ1) is 9.11. The van der Waals surface area contributed by atoms with Crippen LogP contribution in [0.3, 0.4) is 0 Å². The monoisotopic (exact) mass is 264 g/mol. The van der Waals surface area contributed by atoms with Crippen LogP contribution in [-0.4, -0.2) is 30.2 Å². The summed E-state index contributed by atoms with van der Waals surface area (Å²) in [6, 6.07) is 5.37. The number of hydrogen-bond acceptors (Lipinski definition) is 4. The molecule has 1 amide bonds. The number of fused-ring (bicyclic) bond motifs is 1. The van der Waals surface area contributed by atoms with Crippen LogP contribution in [0.2, 0.25) is 0 Å². The third-order valence-electron chi connectivity index (χ3n) is 3.27. The van der Waals surface area contributed by atoms with E-state index in [4.69, 9.17) is 10.5 Å². The molecule has 2 unspecified atom stereocenters. The Morgan fingerprint density at radius 2 is 2.37 bits per heavy atom. The molecule has 1 aromatic carbocycles. The number of carbonyl (C=O) groups is 1. The smallest absolute Gasteiger partial charge is 0.221 e. The van der Waals surface area contributed by atoms with E-state index >= 15 is 0 Å². The van der Waals surface area contributed by atoms with Gasteiger partial charge in [-0.25, -0.2) is 0 Å². The molecule has 0 saturated carbocycles. The molecule has 1 heterocycles. The van der Waals surface area contributed by atoms with Crippen molar-refractivity contribution >= 4 is 5.91 Å². The van der Waals surface area contributed by atoms with E-state index in [2.05, 4.69) is 5.32 Å². The van der Waals surface area contributed by atoms with E-state index in [1.165, 1.54) is 0 Å². The predicted octanol–water partition coefficient (Wildman–Crippen LogP) is 0.645. The lowest BCUT2D eigenvalue weighted by atomic mass is 9.98. The van der Waals surface area contributed by atoms with Gasteiger partial charge in [-0.05, 0) is 19.1 Å². The van der Waals surface area contributed by atoms with Crippen molar-refractivity contribution in [1.82, 2.24) is 5.32 Å². The van der Waals surface area contributed by atoms with Crippen molar-refractivity contribution in [2.45, 2.75) is 31.9 Å². The summed E-state index contributed by atoms with van der Waals surface area (Å²) in [7, 11) is 0. The first-order valence-corrected chi connectivity index (χ1v) is 6.52. The molecule has 0 spiro atoms. The van der Waals surface area contributed by atoms with E-state index in [9.17, 15) is 9.90 Å². The maximum absolute atomic E-state index is 11.6. The van der Waals surface area contributed by atoms with Crippen molar-refractivity contribution in [2.75, 3.05) is 13.2 Å². The topological polar surface area (TPSA) is 84.6 Å². The number of ether oxygens (including phenoxy) is 1. The van der Waals surface area contributed by atoms with Gasteiger partial charge in [0.2, 0.25) is 5.91 Å². The Hall–Kier alpha value is -1.59. The molecule has 19 heavy (non-hydrogen) atoms. The van der Waals surface area contributed by atoms with E-state index in [0.29, 0.717) is 25.3 Å². The Morgan fingerprint density at radius 3 is 3.11 bits per heavy atom. The lowest BCUT2D eigenvalue weighted by Crippen LogP contribution is -2.40. The van der Waals surface area contributed by atoms with E-state index < -0.39 is 6.10 Å². The van der Waals surface area contributed by atoms with Gasteiger partial charge in [0, 0.05) is 24.9 Å². The Labute approximate surface area is 112 Å². The number of aliphatic hydroxyl groups is 1. The van der Waals surface area contributed by atoms with E-state index in [1.807, 2.05) is 25.1 Å².